The van der Waals surface area contributed by atoms with Gasteiger partial charge in [0.15, 0.2) is 0 Å². The van der Waals surface area contributed by atoms with E-state index in [2.05, 4.69) is 25.9 Å². The minimum atomic E-state index is -1.44. The highest BCUT2D eigenvalue weighted by molar-refractivity contribution is 5.94. The number of hydrogen-bond acceptors (Lipinski definition) is 9. The second-order valence-electron chi connectivity index (χ2n) is 7.88. The van der Waals surface area contributed by atoms with Gasteiger partial charge in [-0.1, -0.05) is 6.42 Å². The van der Waals surface area contributed by atoms with Crippen molar-refractivity contribution < 1.29 is 34.2 Å². The molecular formula is C20H34N8O7. The van der Waals surface area contributed by atoms with Gasteiger partial charge in [0.05, 0.1) is 19.0 Å². The van der Waals surface area contributed by atoms with Crippen molar-refractivity contribution in [3.63, 3.8) is 0 Å². The summed E-state index contributed by atoms with van der Waals surface area (Å²) in [5.74, 6) is -4.59. The molecule has 196 valence electrons. The number of unbranched alkanes of at least 4 members (excludes halogenated alkanes) is 1. The topological polar surface area (TPSA) is 269 Å². The highest BCUT2D eigenvalue weighted by Crippen LogP contribution is 2.04. The van der Waals surface area contributed by atoms with Crippen LogP contribution in [0.5, 0.6) is 0 Å². The van der Waals surface area contributed by atoms with Crippen molar-refractivity contribution in [1.82, 2.24) is 25.9 Å². The highest BCUT2D eigenvalue weighted by Gasteiger charge is 2.30. The summed E-state index contributed by atoms with van der Waals surface area (Å²) in [5, 5.41) is 25.9. The quantitative estimate of drug-likeness (QED) is 0.0945. The van der Waals surface area contributed by atoms with Gasteiger partial charge in [-0.25, -0.2) is 9.78 Å². The number of primary amides is 1. The number of nitrogens with zero attached hydrogens (tertiary/aromatic N) is 1. The second kappa shape index (κ2) is 15.4. The number of aliphatic hydroxyl groups excluding tert-OH is 1. The Morgan fingerprint density at radius 1 is 0.971 bits per heavy atom. The predicted molar refractivity (Wildman–Crippen MR) is 122 cm³/mol. The van der Waals surface area contributed by atoms with Crippen molar-refractivity contribution in [2.45, 2.75) is 62.7 Å². The van der Waals surface area contributed by atoms with Crippen LogP contribution in [-0.4, -0.2) is 87.1 Å². The van der Waals surface area contributed by atoms with Crippen molar-refractivity contribution in [2.75, 3.05) is 13.2 Å². The molecule has 4 unspecified atom stereocenters. The predicted octanol–water partition coefficient (Wildman–Crippen LogP) is -3.79. The third kappa shape index (κ3) is 10.9. The Hall–Kier alpha value is -3.56. The number of H-pyrrole nitrogens is 1. The smallest absolute Gasteiger partial charge is 0.326 e. The average molecular weight is 499 g/mol. The summed E-state index contributed by atoms with van der Waals surface area (Å²) in [6.07, 6.45) is 3.67. The normalized spacial score (nSPS) is 14.3. The van der Waals surface area contributed by atoms with Crippen LogP contribution in [0.1, 0.15) is 37.8 Å². The van der Waals surface area contributed by atoms with E-state index in [1.807, 2.05) is 0 Å². The first-order valence-corrected chi connectivity index (χ1v) is 11.0. The lowest BCUT2D eigenvalue weighted by Gasteiger charge is -2.24. The summed E-state index contributed by atoms with van der Waals surface area (Å²) in [4.78, 5) is 67.0. The molecule has 0 aliphatic carbocycles. The maximum Gasteiger partial charge on any atom is 0.326 e. The van der Waals surface area contributed by atoms with Crippen molar-refractivity contribution in [1.29, 1.82) is 0 Å². The van der Waals surface area contributed by atoms with Gasteiger partial charge in [-0.2, -0.15) is 0 Å². The summed E-state index contributed by atoms with van der Waals surface area (Å²) >= 11 is 0. The van der Waals surface area contributed by atoms with Crippen molar-refractivity contribution in [3.8, 4) is 0 Å². The number of nitrogens with two attached hydrogens (primary N) is 3. The van der Waals surface area contributed by atoms with Gasteiger partial charge in [-0.3, -0.25) is 19.2 Å². The van der Waals surface area contributed by atoms with Crippen LogP contribution in [0.4, 0.5) is 0 Å². The van der Waals surface area contributed by atoms with Crippen LogP contribution >= 0.6 is 0 Å². The number of carboxylic acids is 1. The van der Waals surface area contributed by atoms with Crippen LogP contribution in [0.2, 0.25) is 0 Å². The van der Waals surface area contributed by atoms with E-state index < -0.39 is 60.4 Å². The molecule has 0 aliphatic rings. The fraction of sp³-hybridized carbons (Fsp3) is 0.600. The van der Waals surface area contributed by atoms with Crippen molar-refractivity contribution in [2.24, 2.45) is 17.2 Å². The monoisotopic (exact) mass is 498 g/mol. The highest BCUT2D eigenvalue weighted by atomic mass is 16.4. The number of carboxylic acid groups (broad SMARTS) is 1. The number of aromatic nitrogens is 2. The first-order chi connectivity index (χ1) is 16.6. The van der Waals surface area contributed by atoms with E-state index in [9.17, 15) is 34.2 Å². The largest absolute Gasteiger partial charge is 0.480 e. The Morgan fingerprint density at radius 3 is 2.14 bits per heavy atom. The molecule has 15 nitrogen and oxygen atoms in total. The molecule has 12 N–H and O–H groups in total. The van der Waals surface area contributed by atoms with E-state index in [4.69, 9.17) is 17.2 Å². The summed E-state index contributed by atoms with van der Waals surface area (Å²) in [6.45, 7) is -0.357. The number of aliphatic carboxylic acids is 1. The first-order valence-electron chi connectivity index (χ1n) is 11.0. The molecule has 0 bridgehead atoms. The molecule has 0 fully saturated rings. The van der Waals surface area contributed by atoms with E-state index in [1.165, 1.54) is 12.5 Å². The van der Waals surface area contributed by atoms with Crippen molar-refractivity contribution in [3.05, 3.63) is 18.2 Å². The molecule has 4 atom stereocenters. The molecule has 15 heteroatoms. The zero-order chi connectivity index (χ0) is 26.4. The number of carbonyl (C=O) groups is 5. The van der Waals surface area contributed by atoms with E-state index in [1.54, 1.807) is 0 Å². The maximum absolute atomic E-state index is 12.8. The summed E-state index contributed by atoms with van der Waals surface area (Å²) in [5.41, 5.74) is 16.8. The Kier molecular flexibility index (Phi) is 12.9. The van der Waals surface area contributed by atoms with Gasteiger partial charge in [0.1, 0.15) is 18.1 Å². The Morgan fingerprint density at radius 2 is 1.60 bits per heavy atom. The number of nitrogens with one attached hydrogen (secondary N) is 4. The molecule has 0 aliphatic heterocycles. The molecular weight excluding hydrogens is 464 g/mol. The zero-order valence-corrected chi connectivity index (χ0v) is 19.2. The number of hydrogen-bond donors (Lipinski definition) is 9. The van der Waals surface area contributed by atoms with Gasteiger partial charge in [0, 0.05) is 24.7 Å². The van der Waals surface area contributed by atoms with Gasteiger partial charge in [0.25, 0.3) is 0 Å². The maximum atomic E-state index is 12.8. The van der Waals surface area contributed by atoms with Gasteiger partial charge in [-0.05, 0) is 25.8 Å². The first kappa shape index (κ1) is 29.5. The van der Waals surface area contributed by atoms with E-state index in [-0.39, 0.29) is 19.3 Å². The molecule has 1 aromatic heterocycles. The molecule has 1 heterocycles. The van der Waals surface area contributed by atoms with Crippen LogP contribution in [0.3, 0.4) is 0 Å². The molecule has 0 aromatic carbocycles. The SMILES string of the molecule is NCCCCC(N)C(=O)NC(CO)C(=O)NC(CCC(N)=O)C(=O)NC(Cc1cnc[nH]1)C(=O)O. The zero-order valence-electron chi connectivity index (χ0n) is 19.2. The van der Waals surface area contributed by atoms with Crippen LogP contribution in [0, 0.1) is 0 Å². The van der Waals surface area contributed by atoms with E-state index >= 15 is 0 Å². The molecule has 4 amide bonds. The average Bonchev–Trinajstić information content (AvgIpc) is 3.32. The number of amides is 4. The lowest BCUT2D eigenvalue weighted by Crippen LogP contribution is -2.58. The Labute approximate surface area is 201 Å². The standard InChI is InChI=1S/C20H34N8O7/c21-6-2-1-3-12(22)17(31)28-15(9-29)19(33)26-13(4-5-16(23)30)18(32)27-14(20(34)35)7-11-8-24-10-25-11/h8,10,12-15,29H,1-7,9,21-22H2,(H2,23,30)(H,24,25)(H,26,33)(H,27,32)(H,28,31)(H,34,35). The lowest BCUT2D eigenvalue weighted by molar-refractivity contribution is -0.142. The van der Waals surface area contributed by atoms with Gasteiger partial charge >= 0.3 is 5.97 Å². The van der Waals surface area contributed by atoms with E-state index in [0.717, 1.165) is 0 Å². The third-order valence-corrected chi connectivity index (χ3v) is 5.03. The number of carbonyl (C=O) groups excluding carboxylic acids is 4. The summed E-state index contributed by atoms with van der Waals surface area (Å²) in [6, 6.07) is -5.11. The van der Waals surface area contributed by atoms with Crippen LogP contribution in [0.15, 0.2) is 12.5 Å². The minimum Gasteiger partial charge on any atom is -0.480 e. The molecule has 0 saturated heterocycles. The van der Waals surface area contributed by atoms with Crippen LogP contribution < -0.4 is 33.2 Å². The lowest BCUT2D eigenvalue weighted by atomic mass is 10.1. The summed E-state index contributed by atoms with van der Waals surface area (Å²) < 4.78 is 0. The second-order valence-corrected chi connectivity index (χ2v) is 7.88. The van der Waals surface area contributed by atoms with Crippen molar-refractivity contribution >= 4 is 29.6 Å². The van der Waals surface area contributed by atoms with Crippen LogP contribution in [0.25, 0.3) is 0 Å². The fourth-order valence-electron chi connectivity index (χ4n) is 3.03. The fourth-order valence-corrected chi connectivity index (χ4v) is 3.03. The number of aliphatic hydroxyl groups is 1. The number of imidazole rings is 1. The molecule has 1 aromatic rings. The molecule has 35 heavy (non-hydrogen) atoms. The molecule has 0 saturated carbocycles. The number of aromatic amines is 1. The Bertz CT molecular complexity index is 849. The minimum absolute atomic E-state index is 0.116. The molecule has 0 spiro atoms. The molecule has 0 radical (unpaired) electrons. The van der Waals surface area contributed by atoms with Gasteiger partial charge in [-0.15, -0.1) is 0 Å². The molecule has 1 rings (SSSR count). The third-order valence-electron chi connectivity index (χ3n) is 5.03. The summed E-state index contributed by atoms with van der Waals surface area (Å²) in [7, 11) is 0. The number of rotatable bonds is 17. The Balaban J connectivity index is 2.85. The van der Waals surface area contributed by atoms with Gasteiger partial charge in [0.2, 0.25) is 23.6 Å². The van der Waals surface area contributed by atoms with Crippen LogP contribution in [-0.2, 0) is 30.4 Å². The van der Waals surface area contributed by atoms with Gasteiger partial charge < -0.3 is 48.3 Å². The van der Waals surface area contributed by atoms with E-state index in [0.29, 0.717) is 31.5 Å².